The maximum absolute atomic E-state index is 11.7. The Balaban J connectivity index is 1.23. The SMILES string of the molecule is Cc1cccc(C)c1-n1c(-c2ccc3c(n2)-c2c(O)cccc2CC3)nc2c(-c3cccc(-c4c(-c5cc(C(C)C)cc(C(C)C)c5)cccc4-c4cc(C(C)C)cc(C(C)C)c4)c3)c(-c3c(-c4c(C(C)C)cccc4C(C)C)cccc3-c3c(C(C)C)cccc3C(C)C)ccc21. The molecule has 0 amide bonds. The predicted molar refractivity (Wildman–Crippen MR) is 419 cm³/mol. The predicted octanol–water partition coefficient (Wildman–Crippen LogP) is 26.8. The number of hydrogen-bond donors (Lipinski definition) is 1. The first-order chi connectivity index (χ1) is 47.0. The molecule has 1 N–H and O–H groups in total. The van der Waals surface area contributed by atoms with Crippen molar-refractivity contribution >= 4 is 11.0 Å². The zero-order chi connectivity index (χ0) is 69.3. The van der Waals surface area contributed by atoms with Gasteiger partial charge in [0.15, 0.2) is 5.82 Å². The molecule has 0 spiro atoms. The molecule has 0 unspecified atom stereocenters. The van der Waals surface area contributed by atoms with E-state index in [0.717, 1.165) is 96.8 Å². The summed E-state index contributed by atoms with van der Waals surface area (Å²) in [7, 11) is 0. The minimum absolute atomic E-state index is 0.242. The van der Waals surface area contributed by atoms with Crippen molar-refractivity contribution in [1.29, 1.82) is 0 Å². The number of imidazole rings is 1. The molecule has 0 aliphatic heterocycles. The van der Waals surface area contributed by atoms with E-state index in [1.165, 1.54) is 100 Å². The summed E-state index contributed by atoms with van der Waals surface area (Å²) in [4.78, 5) is 11.9. The fourth-order valence-electron chi connectivity index (χ4n) is 15.7. The van der Waals surface area contributed by atoms with Gasteiger partial charge in [0.05, 0.1) is 22.4 Å². The van der Waals surface area contributed by atoms with Crippen LogP contribution < -0.4 is 0 Å². The Labute approximate surface area is 585 Å². The number of phenolic OH excluding ortho intramolecular Hbond substituents is 1. The fraction of sp³-hybridized carbons (Fsp3) is 0.298. The highest BCUT2D eigenvalue weighted by atomic mass is 16.3. The highest BCUT2D eigenvalue weighted by Gasteiger charge is 2.32. The van der Waals surface area contributed by atoms with Crippen molar-refractivity contribution < 1.29 is 5.11 Å². The molecule has 0 radical (unpaired) electrons. The van der Waals surface area contributed by atoms with Crippen LogP contribution in [0.4, 0.5) is 0 Å². The number of nitrogens with zero attached hydrogens (tertiary/aromatic N) is 3. The van der Waals surface area contributed by atoms with Gasteiger partial charge in [-0.15, -0.1) is 0 Å². The van der Waals surface area contributed by atoms with E-state index in [2.05, 4.69) is 311 Å². The summed E-state index contributed by atoms with van der Waals surface area (Å²) >= 11 is 0. The standard InChI is InChI=1S/C94H99N3O/c1-53(2)67-47-68(54(3)4)50-71(49-67)77-35-24-36-78(72-51-69(55(5)6)48-70(52-72)56(7)8)85(77)65-29-20-30-66(46-65)86-81(90-79(88-73(57(9)10)31-22-32-74(88)58(11)12)37-25-38-80(90)89-75(59(13)14)33-23-34-76(89)60(15)16)43-45-83-92(86)96-94(97(83)93-61(17)26-19-27-62(93)18)82-44-42-64-41-40-63-28-21-39-84(98)87(63)91(64)95-82/h19-39,42-60,98H,40-41H2,1-18H3. The Bertz CT molecular complexity index is 4750. The van der Waals surface area contributed by atoms with Crippen molar-refractivity contribution in [2.45, 2.75) is 185 Å². The maximum atomic E-state index is 11.7. The van der Waals surface area contributed by atoms with E-state index in [1.54, 1.807) is 6.07 Å². The average molecular weight is 1290 g/mol. The number of phenols is 1. The molecule has 2 heterocycles. The summed E-state index contributed by atoms with van der Waals surface area (Å²) < 4.78 is 2.40. The van der Waals surface area contributed by atoms with Crippen molar-refractivity contribution in [1.82, 2.24) is 14.5 Å². The summed E-state index contributed by atoms with van der Waals surface area (Å²) in [6.45, 7) is 41.9. The van der Waals surface area contributed by atoms with Gasteiger partial charge in [0.2, 0.25) is 0 Å². The van der Waals surface area contributed by atoms with Crippen molar-refractivity contribution in [2.75, 3.05) is 0 Å². The molecular weight excluding hydrogens is 1190 g/mol. The fourth-order valence-corrected chi connectivity index (χ4v) is 15.7. The van der Waals surface area contributed by atoms with E-state index in [-0.39, 0.29) is 29.4 Å². The Morgan fingerprint density at radius 1 is 0.327 bits per heavy atom. The molecule has 10 aromatic carbocycles. The molecule has 98 heavy (non-hydrogen) atoms. The number of aromatic hydroxyl groups is 1. The first-order valence-corrected chi connectivity index (χ1v) is 36.4. The highest BCUT2D eigenvalue weighted by Crippen LogP contribution is 2.54. The van der Waals surface area contributed by atoms with Crippen molar-refractivity contribution in [3.05, 3.63) is 261 Å². The van der Waals surface area contributed by atoms with Gasteiger partial charge >= 0.3 is 0 Å². The summed E-state index contributed by atoms with van der Waals surface area (Å²) in [5.74, 6) is 3.32. The van der Waals surface area contributed by atoms with Gasteiger partial charge in [-0.1, -0.05) is 281 Å². The lowest BCUT2D eigenvalue weighted by Crippen LogP contribution is -2.08. The number of pyridine rings is 1. The third kappa shape index (κ3) is 12.3. The second kappa shape index (κ2) is 27.1. The first-order valence-electron chi connectivity index (χ1n) is 36.4. The van der Waals surface area contributed by atoms with Crippen LogP contribution in [0.5, 0.6) is 5.75 Å². The number of aromatic nitrogens is 3. The molecule has 1 aliphatic rings. The van der Waals surface area contributed by atoms with Crippen LogP contribution in [0.3, 0.4) is 0 Å². The molecule has 12 aromatic rings. The molecule has 0 saturated carbocycles. The number of fused-ring (bicyclic) bond motifs is 4. The minimum atomic E-state index is 0.242. The topological polar surface area (TPSA) is 50.9 Å². The molecule has 1 aliphatic carbocycles. The number of aryl methyl sites for hydroxylation is 4. The molecule has 496 valence electrons. The molecule has 0 atom stereocenters. The zero-order valence-electron chi connectivity index (χ0n) is 61.3. The average Bonchev–Trinajstić information content (AvgIpc) is 1.35. The van der Waals surface area contributed by atoms with Crippen molar-refractivity contribution in [3.8, 4) is 112 Å². The lowest BCUT2D eigenvalue weighted by molar-refractivity contribution is 0.476. The zero-order valence-corrected chi connectivity index (χ0v) is 61.3. The second-order valence-corrected chi connectivity index (χ2v) is 30.6. The molecule has 13 rings (SSSR count). The number of para-hydroxylation sites is 1. The normalized spacial score (nSPS) is 12.5. The van der Waals surface area contributed by atoms with Gasteiger partial charge in [-0.05, 0) is 237 Å². The van der Waals surface area contributed by atoms with E-state index >= 15 is 0 Å². The van der Waals surface area contributed by atoms with Crippen molar-refractivity contribution in [3.63, 3.8) is 0 Å². The van der Waals surface area contributed by atoms with Crippen LogP contribution in [0.25, 0.3) is 117 Å². The summed E-state index contributed by atoms with van der Waals surface area (Å²) in [6.07, 6.45) is 1.68. The van der Waals surface area contributed by atoms with Crippen LogP contribution in [-0.2, 0) is 12.8 Å². The van der Waals surface area contributed by atoms with Crippen LogP contribution in [0, 0.1) is 13.8 Å². The first kappa shape index (κ1) is 67.2. The monoisotopic (exact) mass is 1290 g/mol. The van der Waals surface area contributed by atoms with E-state index in [1.807, 2.05) is 6.07 Å². The largest absolute Gasteiger partial charge is 0.507 e. The number of hydrogen-bond acceptors (Lipinski definition) is 3. The van der Waals surface area contributed by atoms with Gasteiger partial charge in [0.1, 0.15) is 11.4 Å². The Hall–Kier alpha value is -9.38. The molecule has 0 saturated heterocycles. The molecule has 2 aromatic heterocycles. The number of benzene rings is 10. The summed E-state index contributed by atoms with van der Waals surface area (Å²) in [5, 5.41) is 11.7. The molecule has 4 heteroatoms. The lowest BCUT2D eigenvalue weighted by atomic mass is 9.76. The summed E-state index contributed by atoms with van der Waals surface area (Å²) in [5.41, 5.74) is 37.2. The van der Waals surface area contributed by atoms with E-state index in [9.17, 15) is 5.11 Å². The van der Waals surface area contributed by atoms with Crippen LogP contribution in [0.15, 0.2) is 194 Å². The van der Waals surface area contributed by atoms with E-state index in [4.69, 9.17) is 9.97 Å². The molecule has 4 nitrogen and oxygen atoms in total. The van der Waals surface area contributed by atoms with Crippen molar-refractivity contribution in [2.24, 2.45) is 0 Å². The van der Waals surface area contributed by atoms with Gasteiger partial charge in [-0.2, -0.15) is 0 Å². The van der Waals surface area contributed by atoms with Crippen LogP contribution in [-0.4, -0.2) is 19.6 Å². The Kier molecular flexibility index (Phi) is 18.6. The van der Waals surface area contributed by atoms with Crippen LogP contribution >= 0.6 is 0 Å². The molecule has 0 bridgehead atoms. The maximum Gasteiger partial charge on any atom is 0.164 e. The second-order valence-electron chi connectivity index (χ2n) is 30.6. The van der Waals surface area contributed by atoms with E-state index < -0.39 is 0 Å². The van der Waals surface area contributed by atoms with E-state index in [0.29, 0.717) is 23.7 Å². The smallest absolute Gasteiger partial charge is 0.164 e. The Morgan fingerprint density at radius 2 is 0.745 bits per heavy atom. The minimum Gasteiger partial charge on any atom is -0.507 e. The Morgan fingerprint density at radius 3 is 1.22 bits per heavy atom. The lowest BCUT2D eigenvalue weighted by Gasteiger charge is -2.27. The van der Waals surface area contributed by atoms with Crippen LogP contribution in [0.2, 0.25) is 0 Å². The van der Waals surface area contributed by atoms with Gasteiger partial charge in [-0.3, -0.25) is 4.57 Å². The highest BCUT2D eigenvalue weighted by molar-refractivity contribution is 6.10. The third-order valence-corrected chi connectivity index (χ3v) is 21.1. The quantitative estimate of drug-likeness (QED) is 0.0988. The van der Waals surface area contributed by atoms with Gasteiger partial charge in [0.25, 0.3) is 0 Å². The van der Waals surface area contributed by atoms with Gasteiger partial charge < -0.3 is 5.11 Å². The molecular formula is C94H99N3O. The number of rotatable bonds is 17. The van der Waals surface area contributed by atoms with Crippen LogP contribution in [0.1, 0.15) is 225 Å². The van der Waals surface area contributed by atoms with Gasteiger partial charge in [0, 0.05) is 11.1 Å². The van der Waals surface area contributed by atoms with Gasteiger partial charge in [-0.25, -0.2) is 9.97 Å². The summed E-state index contributed by atoms with van der Waals surface area (Å²) in [6, 6.07) is 74.2. The third-order valence-electron chi connectivity index (χ3n) is 21.1. The molecule has 0 fully saturated rings.